The third-order valence-corrected chi connectivity index (χ3v) is 6.12. The van der Waals surface area contributed by atoms with Gasteiger partial charge in [0.05, 0.1) is 14.2 Å². The lowest BCUT2D eigenvalue weighted by molar-refractivity contribution is -0.165. The fraction of sp³-hybridized carbons (Fsp3) is 0.556. The number of hydrogen-bond acceptors (Lipinski definition) is 8. The van der Waals surface area contributed by atoms with Gasteiger partial charge in [-0.1, -0.05) is 57.3 Å². The lowest BCUT2D eigenvalue weighted by Gasteiger charge is -2.24. The number of halogens is 1. The van der Waals surface area contributed by atoms with Crippen molar-refractivity contribution in [2.75, 3.05) is 20.8 Å². The predicted octanol–water partition coefficient (Wildman–Crippen LogP) is 4.34. The van der Waals surface area contributed by atoms with Crippen molar-refractivity contribution in [2.45, 2.75) is 72.0 Å². The van der Waals surface area contributed by atoms with Crippen LogP contribution in [0.2, 0.25) is 0 Å². The topological polar surface area (TPSA) is 117 Å². The molecule has 0 saturated heterocycles. The lowest BCUT2D eigenvalue weighted by Crippen LogP contribution is -2.41. The molecule has 1 rings (SSSR count). The molecule has 206 valence electrons. The Balaban J connectivity index is 2.97. The van der Waals surface area contributed by atoms with Crippen molar-refractivity contribution < 1.29 is 38.1 Å². The van der Waals surface area contributed by atoms with Gasteiger partial charge in [0.1, 0.15) is 16.3 Å². The molecule has 0 aromatic heterocycles. The van der Waals surface area contributed by atoms with Crippen molar-refractivity contribution in [2.24, 2.45) is 5.92 Å². The summed E-state index contributed by atoms with van der Waals surface area (Å²) in [4.78, 5) is 49.9. The van der Waals surface area contributed by atoms with Crippen LogP contribution in [-0.2, 0) is 35.0 Å². The number of carbonyl (C=O) groups excluding carboxylic acids is 4. The van der Waals surface area contributed by atoms with Crippen molar-refractivity contribution >= 4 is 35.4 Å². The van der Waals surface area contributed by atoms with Gasteiger partial charge in [-0.2, -0.15) is 0 Å². The summed E-state index contributed by atoms with van der Waals surface area (Å²) in [7, 11) is 2.65. The maximum Gasteiger partial charge on any atom is 0.349 e. The summed E-state index contributed by atoms with van der Waals surface area (Å²) >= 11 is 5.73. The second-order valence-electron chi connectivity index (χ2n) is 8.53. The van der Waals surface area contributed by atoms with Gasteiger partial charge >= 0.3 is 17.9 Å². The quantitative estimate of drug-likeness (QED) is 0.151. The van der Waals surface area contributed by atoms with E-state index in [1.54, 1.807) is 13.0 Å². The average molecular weight is 540 g/mol. The number of benzene rings is 1. The van der Waals surface area contributed by atoms with Crippen LogP contribution in [0.15, 0.2) is 29.3 Å². The molecule has 0 aliphatic carbocycles. The van der Waals surface area contributed by atoms with E-state index in [9.17, 15) is 19.2 Å². The third-order valence-electron chi connectivity index (χ3n) is 5.81. The Kier molecular flexibility index (Phi) is 14.4. The van der Waals surface area contributed by atoms with E-state index in [0.717, 1.165) is 24.8 Å². The van der Waals surface area contributed by atoms with E-state index in [4.69, 9.17) is 25.8 Å². The summed E-state index contributed by atoms with van der Waals surface area (Å²) in [5.41, 5.74) is 1.06. The zero-order valence-electron chi connectivity index (χ0n) is 22.4. The van der Waals surface area contributed by atoms with Crippen LogP contribution in [0.3, 0.4) is 0 Å². The first-order valence-electron chi connectivity index (χ1n) is 12.4. The SMILES string of the molecule is CCCCCc1cccc(OC)c1C(=O)O[C@@H](C(=O)O[C@@H](C)C(=O)NC/C=C(\Cl)C(=O)OC)[C@@H](C)CC. The molecule has 1 amide bonds. The van der Waals surface area contributed by atoms with Crippen LogP contribution in [0.1, 0.15) is 69.3 Å². The third kappa shape index (κ3) is 10.1. The minimum Gasteiger partial charge on any atom is -0.496 e. The number of hydrogen-bond donors (Lipinski definition) is 1. The molecule has 0 radical (unpaired) electrons. The summed E-state index contributed by atoms with van der Waals surface area (Å²) < 4.78 is 20.9. The first-order chi connectivity index (χ1) is 17.6. The lowest BCUT2D eigenvalue weighted by atomic mass is 9.99. The van der Waals surface area contributed by atoms with Crippen LogP contribution < -0.4 is 10.1 Å². The Morgan fingerprint density at radius 1 is 1.05 bits per heavy atom. The minimum absolute atomic E-state index is 0.0763. The fourth-order valence-electron chi connectivity index (χ4n) is 3.40. The van der Waals surface area contributed by atoms with Gasteiger partial charge in [-0.15, -0.1) is 0 Å². The summed E-state index contributed by atoms with van der Waals surface area (Å²) in [5, 5.41) is 2.29. The van der Waals surface area contributed by atoms with Crippen LogP contribution in [0.25, 0.3) is 0 Å². The first kappa shape index (κ1) is 32.0. The predicted molar refractivity (Wildman–Crippen MR) is 139 cm³/mol. The highest BCUT2D eigenvalue weighted by Crippen LogP contribution is 2.27. The zero-order chi connectivity index (χ0) is 28.0. The first-order valence-corrected chi connectivity index (χ1v) is 12.8. The van der Waals surface area contributed by atoms with Crippen molar-refractivity contribution in [1.82, 2.24) is 5.32 Å². The van der Waals surface area contributed by atoms with Crippen molar-refractivity contribution in [3.05, 3.63) is 40.4 Å². The number of unbranched alkanes of at least 4 members (excludes halogenated alkanes) is 2. The molecule has 9 nitrogen and oxygen atoms in total. The molecule has 37 heavy (non-hydrogen) atoms. The summed E-state index contributed by atoms with van der Waals surface area (Å²) in [6.45, 7) is 7.02. The minimum atomic E-state index is -1.23. The van der Waals surface area contributed by atoms with Gasteiger partial charge < -0.3 is 24.3 Å². The van der Waals surface area contributed by atoms with Crippen molar-refractivity contribution in [1.29, 1.82) is 0 Å². The molecule has 0 spiro atoms. The standard InChI is InChI=1S/C27H38ClNO8/c1-7-9-10-12-19-13-11-14-21(34-5)22(19)26(32)37-23(17(3)8-2)27(33)36-18(4)24(30)29-16-15-20(28)25(31)35-6/h11,13-15,17-18,23H,7-10,12,16H2,1-6H3,(H,29,30)/b20-15-/t17-,18-,23+/m0/s1. The van der Waals surface area contributed by atoms with E-state index in [1.165, 1.54) is 27.2 Å². The number of amides is 1. The molecule has 0 saturated carbocycles. The Morgan fingerprint density at radius 3 is 2.35 bits per heavy atom. The van der Waals surface area contributed by atoms with Crippen LogP contribution >= 0.6 is 11.6 Å². The fourth-order valence-corrected chi connectivity index (χ4v) is 3.55. The molecule has 0 aliphatic rings. The van der Waals surface area contributed by atoms with E-state index in [0.29, 0.717) is 18.6 Å². The summed E-state index contributed by atoms with van der Waals surface area (Å²) in [6, 6.07) is 5.33. The molecule has 0 unspecified atom stereocenters. The van der Waals surface area contributed by atoms with Crippen LogP contribution in [0.4, 0.5) is 0 Å². The van der Waals surface area contributed by atoms with E-state index >= 15 is 0 Å². The molecule has 1 N–H and O–H groups in total. The second kappa shape index (κ2) is 16.6. The monoisotopic (exact) mass is 539 g/mol. The highest BCUT2D eigenvalue weighted by Gasteiger charge is 2.33. The number of rotatable bonds is 15. The Hall–Kier alpha value is -3.07. The van der Waals surface area contributed by atoms with Gasteiger partial charge in [-0.25, -0.2) is 14.4 Å². The highest BCUT2D eigenvalue weighted by atomic mass is 35.5. The maximum atomic E-state index is 13.3. The van der Waals surface area contributed by atoms with Crippen LogP contribution in [0.5, 0.6) is 5.75 Å². The largest absolute Gasteiger partial charge is 0.496 e. The molecule has 0 heterocycles. The zero-order valence-corrected chi connectivity index (χ0v) is 23.2. The van der Waals surface area contributed by atoms with E-state index < -0.39 is 36.0 Å². The van der Waals surface area contributed by atoms with Crippen molar-refractivity contribution in [3.8, 4) is 5.75 Å². The Labute approximate surface area is 223 Å². The number of nitrogens with one attached hydrogen (secondary N) is 1. The summed E-state index contributed by atoms with van der Waals surface area (Å²) in [5.74, 6) is -2.89. The highest BCUT2D eigenvalue weighted by molar-refractivity contribution is 6.41. The maximum absolute atomic E-state index is 13.3. The van der Waals surface area contributed by atoms with Crippen LogP contribution in [0, 0.1) is 5.92 Å². The smallest absolute Gasteiger partial charge is 0.349 e. The Bertz CT molecular complexity index is 962. The Morgan fingerprint density at radius 2 is 1.76 bits per heavy atom. The molecule has 1 aromatic rings. The average Bonchev–Trinajstić information content (AvgIpc) is 2.90. The van der Waals surface area contributed by atoms with Crippen LogP contribution in [-0.4, -0.2) is 56.8 Å². The van der Waals surface area contributed by atoms with E-state index in [2.05, 4.69) is 17.0 Å². The van der Waals surface area contributed by atoms with E-state index in [-0.39, 0.29) is 23.1 Å². The van der Waals surface area contributed by atoms with E-state index in [1.807, 2.05) is 19.1 Å². The van der Waals surface area contributed by atoms with Gasteiger partial charge in [-0.05, 0) is 43.9 Å². The molecule has 1 aromatic carbocycles. The number of aryl methyl sites for hydroxylation is 1. The molecule has 0 fully saturated rings. The van der Waals surface area contributed by atoms with Gasteiger partial charge in [0, 0.05) is 12.5 Å². The number of ether oxygens (including phenoxy) is 4. The number of methoxy groups -OCH3 is 2. The molecule has 10 heteroatoms. The molecule has 3 atom stereocenters. The molecule has 0 bridgehead atoms. The second-order valence-corrected chi connectivity index (χ2v) is 8.94. The summed E-state index contributed by atoms with van der Waals surface area (Å²) in [6.07, 6.45) is 2.99. The normalized spacial score (nSPS) is 13.6. The number of carbonyl (C=O) groups is 4. The molecular weight excluding hydrogens is 502 g/mol. The van der Waals surface area contributed by atoms with Gasteiger partial charge in [0.2, 0.25) is 6.10 Å². The van der Waals surface area contributed by atoms with Gasteiger partial charge in [-0.3, -0.25) is 4.79 Å². The molecular formula is C27H38ClNO8. The van der Waals surface area contributed by atoms with Gasteiger partial charge in [0.15, 0.2) is 6.10 Å². The molecule has 0 aliphatic heterocycles. The van der Waals surface area contributed by atoms with Crippen molar-refractivity contribution in [3.63, 3.8) is 0 Å². The number of esters is 3. The van der Waals surface area contributed by atoms with Gasteiger partial charge in [0.25, 0.3) is 5.91 Å².